The quantitative estimate of drug-likeness (QED) is 0.538. The summed E-state index contributed by atoms with van der Waals surface area (Å²) >= 11 is 1.63. The summed E-state index contributed by atoms with van der Waals surface area (Å²) in [7, 11) is 0. The van der Waals surface area contributed by atoms with Gasteiger partial charge in [-0.1, -0.05) is 66.4 Å². The summed E-state index contributed by atoms with van der Waals surface area (Å²) in [4.78, 5) is 0. The van der Waals surface area contributed by atoms with Crippen molar-refractivity contribution in [2.75, 3.05) is 5.75 Å². The normalized spacial score (nSPS) is 13.3. The van der Waals surface area contributed by atoms with Crippen molar-refractivity contribution in [3.05, 3.63) is 78.6 Å². The molecule has 0 atom stereocenters. The molecule has 0 radical (unpaired) electrons. The summed E-state index contributed by atoms with van der Waals surface area (Å²) in [5.41, 5.74) is 4.50. The van der Waals surface area contributed by atoms with Crippen LogP contribution in [-0.2, 0) is 0 Å². The summed E-state index contributed by atoms with van der Waals surface area (Å²) in [5, 5.41) is 14.0. The van der Waals surface area contributed by atoms with Gasteiger partial charge in [0.1, 0.15) is 0 Å². The number of rotatable bonds is 3. The van der Waals surface area contributed by atoms with Gasteiger partial charge < -0.3 is 4.42 Å². The van der Waals surface area contributed by atoms with Crippen molar-refractivity contribution in [3.8, 4) is 22.7 Å². The van der Waals surface area contributed by atoms with Crippen LogP contribution in [-0.4, -0.2) is 26.3 Å². The Balaban J connectivity index is 1.50. The lowest BCUT2D eigenvalue weighted by molar-refractivity contribution is 0.571. The van der Waals surface area contributed by atoms with E-state index in [1.165, 1.54) is 11.1 Å². The van der Waals surface area contributed by atoms with Gasteiger partial charge in [-0.2, -0.15) is 9.78 Å². The monoisotopic (exact) mass is 358 g/mol. The minimum absolute atomic E-state index is 0.621. The lowest BCUT2D eigenvalue weighted by Gasteiger charge is -2.13. The SMILES string of the molecule is c1ccc(-c2ccc(C3=Nn4c(nnc4-c4ccco4)SC3)cc2)cc1. The molecule has 1 aliphatic heterocycles. The summed E-state index contributed by atoms with van der Waals surface area (Å²) in [5.74, 6) is 2.05. The van der Waals surface area contributed by atoms with Crippen molar-refractivity contribution in [2.24, 2.45) is 5.10 Å². The molecular formula is C20H14N4OS. The highest BCUT2D eigenvalue weighted by molar-refractivity contribution is 7.99. The fraction of sp³-hybridized carbons (Fsp3) is 0.0500. The van der Waals surface area contributed by atoms with Crippen LogP contribution >= 0.6 is 11.8 Å². The second kappa shape index (κ2) is 6.31. The molecule has 0 unspecified atom stereocenters. The number of aromatic nitrogens is 3. The third kappa shape index (κ3) is 2.64. The Kier molecular flexibility index (Phi) is 3.68. The zero-order chi connectivity index (χ0) is 17.3. The van der Waals surface area contributed by atoms with Gasteiger partial charge in [0.15, 0.2) is 5.76 Å². The fourth-order valence-electron chi connectivity index (χ4n) is 2.91. The van der Waals surface area contributed by atoms with Gasteiger partial charge >= 0.3 is 0 Å². The maximum absolute atomic E-state index is 5.45. The van der Waals surface area contributed by atoms with E-state index in [1.54, 1.807) is 22.7 Å². The average Bonchev–Trinajstić information content (AvgIpc) is 3.38. The average molecular weight is 358 g/mol. The van der Waals surface area contributed by atoms with E-state index in [0.29, 0.717) is 11.6 Å². The number of hydrogen-bond acceptors (Lipinski definition) is 5. The molecular weight excluding hydrogens is 344 g/mol. The van der Waals surface area contributed by atoms with Gasteiger partial charge in [-0.3, -0.25) is 0 Å². The van der Waals surface area contributed by atoms with Crippen LogP contribution in [0.2, 0.25) is 0 Å². The van der Waals surface area contributed by atoms with Gasteiger partial charge in [-0.25, -0.2) is 0 Å². The molecule has 0 saturated carbocycles. The van der Waals surface area contributed by atoms with Crippen molar-refractivity contribution in [3.63, 3.8) is 0 Å². The first kappa shape index (κ1) is 15.2. The molecule has 0 amide bonds. The van der Waals surface area contributed by atoms with E-state index in [9.17, 15) is 0 Å². The second-order valence-electron chi connectivity index (χ2n) is 5.87. The van der Waals surface area contributed by atoms with Crippen molar-refractivity contribution in [1.82, 2.24) is 14.9 Å². The Morgan fingerprint density at radius 3 is 2.35 bits per heavy atom. The largest absolute Gasteiger partial charge is 0.461 e. The van der Waals surface area contributed by atoms with Gasteiger partial charge in [0.05, 0.1) is 12.0 Å². The molecule has 26 heavy (non-hydrogen) atoms. The molecule has 5 rings (SSSR count). The molecule has 6 heteroatoms. The number of hydrogen-bond donors (Lipinski definition) is 0. The molecule has 4 aromatic rings. The van der Waals surface area contributed by atoms with E-state index in [1.807, 2.05) is 18.2 Å². The zero-order valence-corrected chi connectivity index (χ0v) is 14.6. The number of nitrogens with zero attached hydrogens (tertiary/aromatic N) is 4. The lowest BCUT2D eigenvalue weighted by Crippen LogP contribution is -2.13. The Hall–Kier alpha value is -3.12. The van der Waals surface area contributed by atoms with E-state index in [4.69, 9.17) is 9.52 Å². The molecule has 0 spiro atoms. The Bertz CT molecular complexity index is 1070. The lowest BCUT2D eigenvalue weighted by atomic mass is 10.0. The summed E-state index contributed by atoms with van der Waals surface area (Å²) < 4.78 is 7.21. The van der Waals surface area contributed by atoms with Gasteiger partial charge in [0.2, 0.25) is 11.0 Å². The van der Waals surface area contributed by atoms with Crippen LogP contribution in [0.4, 0.5) is 0 Å². The highest BCUT2D eigenvalue weighted by Crippen LogP contribution is 2.29. The summed E-state index contributed by atoms with van der Waals surface area (Å²) in [6.07, 6.45) is 1.62. The van der Waals surface area contributed by atoms with Crippen molar-refractivity contribution in [2.45, 2.75) is 5.16 Å². The third-order valence-electron chi connectivity index (χ3n) is 4.24. The van der Waals surface area contributed by atoms with Crippen LogP contribution in [0.15, 0.2) is 87.7 Å². The van der Waals surface area contributed by atoms with Crippen LogP contribution in [0.1, 0.15) is 5.56 Å². The topological polar surface area (TPSA) is 56.2 Å². The van der Waals surface area contributed by atoms with Crippen molar-refractivity contribution >= 4 is 17.5 Å². The Morgan fingerprint density at radius 1 is 0.808 bits per heavy atom. The molecule has 0 aliphatic carbocycles. The molecule has 0 fully saturated rings. The number of thioether (sulfide) groups is 1. The number of furan rings is 1. The van der Waals surface area contributed by atoms with E-state index in [-0.39, 0.29) is 0 Å². The highest BCUT2D eigenvalue weighted by atomic mass is 32.2. The third-order valence-corrected chi connectivity index (χ3v) is 5.17. The molecule has 0 bridgehead atoms. The zero-order valence-electron chi connectivity index (χ0n) is 13.7. The summed E-state index contributed by atoms with van der Waals surface area (Å²) in [6.45, 7) is 0. The standard InChI is InChI=1S/C20H14N4OS/c1-2-5-14(6-3-1)15-8-10-16(11-9-15)17-13-26-20-22-21-19(24(20)23-17)18-7-4-12-25-18/h1-12H,13H2. The predicted molar refractivity (Wildman–Crippen MR) is 102 cm³/mol. The molecule has 2 aromatic carbocycles. The maximum atomic E-state index is 5.45. The van der Waals surface area contributed by atoms with Gasteiger partial charge in [-0.05, 0) is 28.8 Å². The minimum Gasteiger partial charge on any atom is -0.461 e. The second-order valence-corrected chi connectivity index (χ2v) is 6.82. The first-order valence-corrected chi connectivity index (χ1v) is 9.23. The van der Waals surface area contributed by atoms with Crippen LogP contribution in [0, 0.1) is 0 Å². The summed E-state index contributed by atoms with van der Waals surface area (Å²) in [6, 6.07) is 22.5. The Labute approximate surface area is 154 Å². The molecule has 0 saturated heterocycles. The smallest absolute Gasteiger partial charge is 0.221 e. The van der Waals surface area contributed by atoms with Gasteiger partial charge in [0.25, 0.3) is 0 Å². The molecule has 2 aromatic heterocycles. The van der Waals surface area contributed by atoms with E-state index in [2.05, 4.69) is 58.7 Å². The van der Waals surface area contributed by atoms with Crippen molar-refractivity contribution in [1.29, 1.82) is 0 Å². The highest BCUT2D eigenvalue weighted by Gasteiger charge is 2.21. The minimum atomic E-state index is 0.621. The predicted octanol–water partition coefficient (Wildman–Crippen LogP) is 4.56. The number of fused-ring (bicyclic) bond motifs is 1. The fourth-order valence-corrected chi connectivity index (χ4v) is 3.75. The molecule has 126 valence electrons. The maximum Gasteiger partial charge on any atom is 0.221 e. The molecule has 3 heterocycles. The van der Waals surface area contributed by atoms with Crippen LogP contribution in [0.5, 0.6) is 0 Å². The van der Waals surface area contributed by atoms with Crippen LogP contribution < -0.4 is 0 Å². The van der Waals surface area contributed by atoms with Gasteiger partial charge in [0, 0.05) is 5.75 Å². The first-order chi connectivity index (χ1) is 12.9. The molecule has 1 aliphatic rings. The van der Waals surface area contributed by atoms with Crippen LogP contribution in [0.25, 0.3) is 22.7 Å². The molecule has 5 nitrogen and oxygen atoms in total. The van der Waals surface area contributed by atoms with Gasteiger partial charge in [-0.15, -0.1) is 10.2 Å². The first-order valence-electron chi connectivity index (χ1n) is 8.24. The van der Waals surface area contributed by atoms with Crippen LogP contribution in [0.3, 0.4) is 0 Å². The Morgan fingerprint density at radius 2 is 1.58 bits per heavy atom. The van der Waals surface area contributed by atoms with E-state index >= 15 is 0 Å². The molecule has 0 N–H and O–H groups in total. The van der Waals surface area contributed by atoms with E-state index in [0.717, 1.165) is 22.2 Å². The van der Waals surface area contributed by atoms with Crippen molar-refractivity contribution < 1.29 is 4.42 Å². The number of benzene rings is 2. The van der Waals surface area contributed by atoms with E-state index < -0.39 is 0 Å².